The summed E-state index contributed by atoms with van der Waals surface area (Å²) < 4.78 is 0. The van der Waals surface area contributed by atoms with Crippen LogP contribution in [-0.2, 0) is 0 Å². The Morgan fingerprint density at radius 1 is 1.14 bits per heavy atom. The van der Waals surface area contributed by atoms with Crippen LogP contribution in [0.1, 0.15) is 109 Å². The molecule has 2 heterocycles. The number of hydrogen-bond acceptors (Lipinski definition) is 4. The Morgan fingerprint density at radius 3 is 2.41 bits per heavy atom. The average molecular weight is 502 g/mol. The van der Waals surface area contributed by atoms with Crippen molar-refractivity contribution < 1.29 is 4.79 Å². The van der Waals surface area contributed by atoms with E-state index < -0.39 is 0 Å². The number of allylic oxidation sites excluding steroid dienone is 3. The highest BCUT2D eigenvalue weighted by atomic mass is 16.1. The largest absolute Gasteiger partial charge is 0.324 e. The van der Waals surface area contributed by atoms with Gasteiger partial charge in [-0.3, -0.25) is 4.79 Å². The molecule has 3 atom stereocenters. The standard InChI is InChI=1S/C33H47N3O/c1-9-21(5)18-29(25-14-13-15-25)23(7)36-27(11-3)20-34-33-32(36)31(22(6)10-2)28-17-16-26(24(8)37)19-30(28)35(33)12-4/h16-17,19-22,25,29H,7,9-15,18H2,1-6,8H3. The number of Topliss-reactive ketones (excluding diaryl/α,β-unsaturated/α-hetero) is 1. The molecule has 37 heavy (non-hydrogen) atoms. The molecule has 1 saturated carbocycles. The van der Waals surface area contributed by atoms with E-state index in [0.29, 0.717) is 17.8 Å². The number of nitrogens with zero attached hydrogens (tertiary/aromatic N) is 3. The van der Waals surface area contributed by atoms with Crippen LogP contribution in [0.3, 0.4) is 0 Å². The minimum atomic E-state index is 0.0980. The second kappa shape index (κ2) is 11.4. The lowest BCUT2D eigenvalue weighted by Gasteiger charge is -2.47. The molecule has 0 radical (unpaired) electrons. The summed E-state index contributed by atoms with van der Waals surface area (Å²) in [5.41, 5.74) is 8.13. The van der Waals surface area contributed by atoms with Gasteiger partial charge in [-0.1, -0.05) is 66.2 Å². The van der Waals surface area contributed by atoms with E-state index in [-0.39, 0.29) is 5.78 Å². The fraction of sp³-hybridized carbons (Fsp3) is 0.576. The molecule has 0 saturated heterocycles. The predicted molar refractivity (Wildman–Crippen MR) is 158 cm³/mol. The summed E-state index contributed by atoms with van der Waals surface area (Å²) in [4.78, 5) is 22.2. The lowest BCUT2D eigenvalue weighted by Crippen LogP contribution is -2.45. The Balaban J connectivity index is 1.94. The van der Waals surface area contributed by atoms with E-state index in [1.165, 1.54) is 60.3 Å². The maximum absolute atomic E-state index is 12.3. The second-order valence-corrected chi connectivity index (χ2v) is 11.4. The predicted octanol–water partition coefficient (Wildman–Crippen LogP) is 8.82. The molecular formula is C33H47N3O. The fourth-order valence-electron chi connectivity index (χ4n) is 6.19. The van der Waals surface area contributed by atoms with Crippen molar-refractivity contribution in [2.45, 2.75) is 93.4 Å². The molecular weight excluding hydrogens is 454 g/mol. The van der Waals surface area contributed by atoms with Gasteiger partial charge in [0.15, 0.2) is 11.6 Å². The third-order valence-electron chi connectivity index (χ3n) is 9.13. The van der Waals surface area contributed by atoms with Gasteiger partial charge < -0.3 is 9.80 Å². The topological polar surface area (TPSA) is 35.9 Å². The van der Waals surface area contributed by atoms with Gasteiger partial charge in [-0.25, -0.2) is 4.99 Å². The van der Waals surface area contributed by atoms with E-state index in [4.69, 9.17) is 11.6 Å². The summed E-state index contributed by atoms with van der Waals surface area (Å²) in [6.07, 6.45) is 10.4. The summed E-state index contributed by atoms with van der Waals surface area (Å²) in [5.74, 6) is 3.35. The van der Waals surface area contributed by atoms with E-state index in [9.17, 15) is 4.79 Å². The summed E-state index contributed by atoms with van der Waals surface area (Å²) in [6.45, 7) is 21.0. The number of likely N-dealkylation sites (N-methyl/N-ethyl adjacent to an activating group) is 1. The van der Waals surface area contributed by atoms with Crippen LogP contribution >= 0.6 is 0 Å². The molecule has 1 fully saturated rings. The Hall–Kier alpha value is -2.62. The second-order valence-electron chi connectivity index (χ2n) is 11.4. The highest BCUT2D eigenvalue weighted by Crippen LogP contribution is 2.49. The highest BCUT2D eigenvalue weighted by molar-refractivity contribution is 6.19. The molecule has 0 spiro atoms. The normalized spacial score (nSPS) is 19.9. The van der Waals surface area contributed by atoms with Crippen molar-refractivity contribution in [1.29, 1.82) is 0 Å². The summed E-state index contributed by atoms with van der Waals surface area (Å²) >= 11 is 0. The number of rotatable bonds is 11. The van der Waals surface area contributed by atoms with Gasteiger partial charge in [0, 0.05) is 41.2 Å². The number of hydrogen-bond donors (Lipinski definition) is 0. The first-order valence-electron chi connectivity index (χ1n) is 14.7. The Bertz CT molecular complexity index is 1140. The first kappa shape index (κ1) is 27.4. The van der Waals surface area contributed by atoms with Crippen molar-refractivity contribution in [3.05, 3.63) is 59.2 Å². The minimum absolute atomic E-state index is 0.0980. The molecule has 4 rings (SSSR count). The molecule has 3 unspecified atom stereocenters. The van der Waals surface area contributed by atoms with Crippen molar-refractivity contribution in [3.63, 3.8) is 0 Å². The van der Waals surface area contributed by atoms with Crippen molar-refractivity contribution in [2.24, 2.45) is 28.7 Å². The first-order chi connectivity index (χ1) is 17.8. The van der Waals surface area contributed by atoms with Crippen LogP contribution in [0.25, 0.3) is 5.57 Å². The minimum Gasteiger partial charge on any atom is -0.324 e. The third-order valence-corrected chi connectivity index (χ3v) is 9.13. The van der Waals surface area contributed by atoms with E-state index in [1.807, 2.05) is 6.07 Å². The summed E-state index contributed by atoms with van der Waals surface area (Å²) in [5, 5.41) is 0. The van der Waals surface area contributed by atoms with Crippen LogP contribution in [0.4, 0.5) is 5.69 Å². The molecule has 0 N–H and O–H groups in total. The van der Waals surface area contributed by atoms with Gasteiger partial charge in [0.25, 0.3) is 0 Å². The molecule has 1 aliphatic carbocycles. The van der Waals surface area contributed by atoms with Gasteiger partial charge in [-0.05, 0) is 75.3 Å². The van der Waals surface area contributed by atoms with Gasteiger partial charge >= 0.3 is 0 Å². The van der Waals surface area contributed by atoms with Crippen LogP contribution in [0, 0.1) is 23.7 Å². The number of carbonyl (C=O) groups is 1. The summed E-state index contributed by atoms with van der Waals surface area (Å²) in [6, 6.07) is 6.24. The molecule has 1 aromatic rings. The zero-order valence-electron chi connectivity index (χ0n) is 24.2. The van der Waals surface area contributed by atoms with Gasteiger partial charge in [-0.15, -0.1) is 0 Å². The average Bonchev–Trinajstić information content (AvgIpc) is 2.88. The third kappa shape index (κ3) is 4.96. The Labute approximate surface area is 225 Å². The van der Waals surface area contributed by atoms with Crippen LogP contribution in [0.2, 0.25) is 0 Å². The lowest BCUT2D eigenvalue weighted by atomic mass is 9.70. The molecule has 1 aromatic carbocycles. The molecule has 0 bridgehead atoms. The number of amidine groups is 1. The number of ketones is 1. The zero-order valence-corrected chi connectivity index (χ0v) is 24.2. The number of benzene rings is 1. The molecule has 0 aromatic heterocycles. The van der Waals surface area contributed by atoms with Crippen molar-refractivity contribution in [2.75, 3.05) is 11.4 Å². The number of carbonyl (C=O) groups excluding carboxylic acids is 1. The smallest absolute Gasteiger partial charge is 0.159 e. The molecule has 4 nitrogen and oxygen atoms in total. The van der Waals surface area contributed by atoms with Crippen LogP contribution in [0.15, 0.2) is 53.1 Å². The maximum atomic E-state index is 12.3. The lowest BCUT2D eigenvalue weighted by molar-refractivity contribution is 0.101. The first-order valence-corrected chi connectivity index (χ1v) is 14.7. The fourth-order valence-corrected chi connectivity index (χ4v) is 6.19. The Morgan fingerprint density at radius 2 is 1.86 bits per heavy atom. The quantitative estimate of drug-likeness (QED) is 0.284. The van der Waals surface area contributed by atoms with Crippen molar-refractivity contribution >= 4 is 22.9 Å². The zero-order chi connectivity index (χ0) is 26.9. The molecule has 0 amide bonds. The Kier molecular flexibility index (Phi) is 8.46. The van der Waals surface area contributed by atoms with Crippen molar-refractivity contribution in [3.8, 4) is 0 Å². The van der Waals surface area contributed by atoms with Crippen LogP contribution in [0.5, 0.6) is 0 Å². The number of anilines is 1. The van der Waals surface area contributed by atoms with E-state index in [0.717, 1.165) is 42.4 Å². The molecule has 200 valence electrons. The van der Waals surface area contributed by atoms with Gasteiger partial charge in [0.05, 0.1) is 11.4 Å². The maximum Gasteiger partial charge on any atom is 0.159 e. The van der Waals surface area contributed by atoms with E-state index in [1.54, 1.807) is 6.92 Å². The van der Waals surface area contributed by atoms with Crippen LogP contribution in [-0.4, -0.2) is 23.1 Å². The van der Waals surface area contributed by atoms with Gasteiger partial charge in [0.2, 0.25) is 0 Å². The SMILES string of the molecule is C=C(C(CC(C)CC)C1CCC1)N1C(CC)=CN=C2C1=C(C(C)CC)c1ccc(C(C)=O)cc1N2CC. The number of aliphatic imine (C=N–C) groups is 1. The molecule has 4 heteroatoms. The van der Waals surface area contributed by atoms with E-state index in [2.05, 4.69) is 69.7 Å². The number of fused-ring (bicyclic) bond motifs is 2. The molecule has 3 aliphatic rings. The monoisotopic (exact) mass is 501 g/mol. The van der Waals surface area contributed by atoms with E-state index >= 15 is 0 Å². The molecule has 2 aliphatic heterocycles. The van der Waals surface area contributed by atoms with Gasteiger partial charge in [-0.2, -0.15) is 0 Å². The van der Waals surface area contributed by atoms with Crippen molar-refractivity contribution in [1.82, 2.24) is 4.90 Å². The summed E-state index contributed by atoms with van der Waals surface area (Å²) in [7, 11) is 0. The highest BCUT2D eigenvalue weighted by Gasteiger charge is 2.41. The van der Waals surface area contributed by atoms with Gasteiger partial charge in [0.1, 0.15) is 0 Å². The van der Waals surface area contributed by atoms with Crippen LogP contribution < -0.4 is 4.90 Å².